The largest absolute Gasteiger partial charge is 0.420 e. The van der Waals surface area contributed by atoms with E-state index in [0.29, 0.717) is 28.6 Å². The van der Waals surface area contributed by atoms with Crippen molar-refractivity contribution in [3.05, 3.63) is 65.5 Å². The second-order valence-corrected chi connectivity index (χ2v) is 6.77. The molecule has 4 rings (SSSR count). The van der Waals surface area contributed by atoms with E-state index in [-0.39, 0.29) is 0 Å². The number of nitrogens with zero attached hydrogens (tertiary/aromatic N) is 4. The van der Waals surface area contributed by atoms with Crippen LogP contribution in [0.1, 0.15) is 17.0 Å². The van der Waals surface area contributed by atoms with Crippen LogP contribution in [0, 0.1) is 13.8 Å². The third-order valence-corrected chi connectivity index (χ3v) is 4.64. The Morgan fingerprint density at radius 2 is 1.69 bits per heavy atom. The zero-order valence-electron chi connectivity index (χ0n) is 14.3. The molecule has 0 bridgehead atoms. The molecule has 2 aromatic heterocycles. The molecule has 0 aliphatic carbocycles. The van der Waals surface area contributed by atoms with Gasteiger partial charge >= 0.3 is 0 Å². The Morgan fingerprint density at radius 1 is 0.846 bits per heavy atom. The Morgan fingerprint density at radius 3 is 2.54 bits per heavy atom. The Kier molecular flexibility index (Phi) is 4.53. The Balaban J connectivity index is 1.45. The van der Waals surface area contributed by atoms with Gasteiger partial charge in [-0.15, -0.1) is 20.4 Å². The smallest absolute Gasteiger partial charge is 0.277 e. The molecule has 7 heteroatoms. The molecular formula is C19H16N4O2S. The van der Waals surface area contributed by atoms with Crippen molar-refractivity contribution in [2.24, 2.45) is 0 Å². The summed E-state index contributed by atoms with van der Waals surface area (Å²) in [5.41, 5.74) is 4.08. The normalized spacial score (nSPS) is 11.0. The highest BCUT2D eigenvalue weighted by Gasteiger charge is 2.13. The van der Waals surface area contributed by atoms with Gasteiger partial charge in [0.25, 0.3) is 5.22 Å². The molecule has 0 unspecified atom stereocenters. The maximum Gasteiger partial charge on any atom is 0.277 e. The monoisotopic (exact) mass is 364 g/mol. The third-order valence-electron chi connectivity index (χ3n) is 3.83. The van der Waals surface area contributed by atoms with Gasteiger partial charge in [-0.25, -0.2) is 0 Å². The van der Waals surface area contributed by atoms with Crippen molar-refractivity contribution in [1.82, 2.24) is 20.4 Å². The molecule has 0 saturated carbocycles. The number of thioether (sulfide) groups is 1. The van der Waals surface area contributed by atoms with Gasteiger partial charge < -0.3 is 8.83 Å². The quantitative estimate of drug-likeness (QED) is 0.475. The van der Waals surface area contributed by atoms with Crippen LogP contribution in [0.25, 0.3) is 22.9 Å². The standard InChI is InChI=1S/C19H16N4O2S/c1-12-6-5-8-14(10-12)17-21-20-16(24-17)11-26-19-23-22-18(25-19)15-9-4-3-7-13(15)2/h3-10H,11H2,1-2H3. The first-order valence-electron chi connectivity index (χ1n) is 8.11. The van der Waals surface area contributed by atoms with Crippen LogP contribution in [0.2, 0.25) is 0 Å². The molecule has 0 saturated heterocycles. The predicted octanol–water partition coefficient (Wildman–Crippen LogP) is 4.70. The first kappa shape index (κ1) is 16.5. The molecular weight excluding hydrogens is 348 g/mol. The summed E-state index contributed by atoms with van der Waals surface area (Å²) in [5, 5.41) is 16.9. The highest BCUT2D eigenvalue weighted by molar-refractivity contribution is 7.98. The van der Waals surface area contributed by atoms with E-state index in [1.807, 2.05) is 62.4 Å². The van der Waals surface area contributed by atoms with E-state index in [1.54, 1.807) is 0 Å². The number of benzene rings is 2. The van der Waals surface area contributed by atoms with Crippen LogP contribution >= 0.6 is 11.8 Å². The lowest BCUT2D eigenvalue weighted by molar-refractivity contribution is 0.464. The van der Waals surface area contributed by atoms with Crippen LogP contribution in [0.5, 0.6) is 0 Å². The molecule has 2 aromatic carbocycles. The van der Waals surface area contributed by atoms with Crippen LogP contribution in [0.3, 0.4) is 0 Å². The predicted molar refractivity (Wildman–Crippen MR) is 98.5 cm³/mol. The van der Waals surface area contributed by atoms with Crippen molar-refractivity contribution in [2.45, 2.75) is 24.8 Å². The molecule has 2 heterocycles. The fraction of sp³-hybridized carbons (Fsp3) is 0.158. The third kappa shape index (κ3) is 3.52. The lowest BCUT2D eigenvalue weighted by Gasteiger charge is -1.98. The van der Waals surface area contributed by atoms with E-state index in [2.05, 4.69) is 20.4 Å². The molecule has 0 fully saturated rings. The minimum absolute atomic E-state index is 0.466. The van der Waals surface area contributed by atoms with Crippen molar-refractivity contribution in [3.8, 4) is 22.9 Å². The Hall–Kier alpha value is -2.93. The average molecular weight is 364 g/mol. The van der Waals surface area contributed by atoms with E-state index in [9.17, 15) is 0 Å². The Labute approximate surface area is 154 Å². The van der Waals surface area contributed by atoms with Crippen molar-refractivity contribution < 1.29 is 8.83 Å². The molecule has 26 heavy (non-hydrogen) atoms. The SMILES string of the molecule is Cc1cccc(-c2nnc(CSc3nnc(-c4ccccc4C)o3)o2)c1. The summed E-state index contributed by atoms with van der Waals surface area (Å²) >= 11 is 1.37. The highest BCUT2D eigenvalue weighted by Crippen LogP contribution is 2.28. The highest BCUT2D eigenvalue weighted by atomic mass is 32.2. The van der Waals surface area contributed by atoms with Crippen LogP contribution in [-0.2, 0) is 5.75 Å². The lowest BCUT2D eigenvalue weighted by atomic mass is 10.1. The van der Waals surface area contributed by atoms with E-state index in [4.69, 9.17) is 8.83 Å². The van der Waals surface area contributed by atoms with Gasteiger partial charge in [-0.2, -0.15) is 0 Å². The number of hydrogen-bond acceptors (Lipinski definition) is 7. The summed E-state index contributed by atoms with van der Waals surface area (Å²) in [6, 6.07) is 15.9. The summed E-state index contributed by atoms with van der Waals surface area (Å²) in [6.45, 7) is 4.04. The van der Waals surface area contributed by atoms with E-state index in [0.717, 1.165) is 22.3 Å². The van der Waals surface area contributed by atoms with Gasteiger partial charge in [0.1, 0.15) is 0 Å². The molecule has 130 valence electrons. The summed E-state index contributed by atoms with van der Waals surface area (Å²) in [5.74, 6) is 2.00. The maximum absolute atomic E-state index is 5.73. The van der Waals surface area contributed by atoms with Gasteiger partial charge in [0.15, 0.2) is 0 Å². The van der Waals surface area contributed by atoms with Gasteiger partial charge in [0.2, 0.25) is 17.7 Å². The molecule has 0 aliphatic heterocycles. The fourth-order valence-electron chi connectivity index (χ4n) is 2.52. The average Bonchev–Trinajstić information content (AvgIpc) is 3.30. The molecule has 0 spiro atoms. The van der Waals surface area contributed by atoms with E-state index >= 15 is 0 Å². The summed E-state index contributed by atoms with van der Waals surface area (Å²) in [4.78, 5) is 0. The zero-order valence-corrected chi connectivity index (χ0v) is 15.2. The summed E-state index contributed by atoms with van der Waals surface area (Å²) in [7, 11) is 0. The van der Waals surface area contributed by atoms with Crippen LogP contribution in [-0.4, -0.2) is 20.4 Å². The summed E-state index contributed by atoms with van der Waals surface area (Å²) < 4.78 is 11.5. The molecule has 4 aromatic rings. The van der Waals surface area contributed by atoms with E-state index in [1.165, 1.54) is 11.8 Å². The minimum atomic E-state index is 0.466. The number of aromatic nitrogens is 4. The summed E-state index contributed by atoms with van der Waals surface area (Å²) in [6.07, 6.45) is 0. The molecule has 0 amide bonds. The van der Waals surface area contributed by atoms with Crippen molar-refractivity contribution >= 4 is 11.8 Å². The van der Waals surface area contributed by atoms with Gasteiger partial charge in [0.05, 0.1) is 5.75 Å². The molecule has 6 nitrogen and oxygen atoms in total. The minimum Gasteiger partial charge on any atom is -0.420 e. The van der Waals surface area contributed by atoms with Crippen LogP contribution in [0.4, 0.5) is 0 Å². The Bertz CT molecular complexity index is 1040. The fourth-order valence-corrected chi connectivity index (χ4v) is 3.12. The van der Waals surface area contributed by atoms with Crippen molar-refractivity contribution in [1.29, 1.82) is 0 Å². The molecule has 0 radical (unpaired) electrons. The first-order valence-corrected chi connectivity index (χ1v) is 9.09. The van der Waals surface area contributed by atoms with Gasteiger partial charge in [0, 0.05) is 11.1 Å². The molecule has 0 atom stereocenters. The number of hydrogen-bond donors (Lipinski definition) is 0. The van der Waals surface area contributed by atoms with Crippen molar-refractivity contribution in [2.75, 3.05) is 0 Å². The lowest BCUT2D eigenvalue weighted by Crippen LogP contribution is -1.81. The van der Waals surface area contributed by atoms with Crippen LogP contribution in [0.15, 0.2) is 62.6 Å². The van der Waals surface area contributed by atoms with Crippen molar-refractivity contribution in [3.63, 3.8) is 0 Å². The maximum atomic E-state index is 5.73. The zero-order chi connectivity index (χ0) is 17.9. The topological polar surface area (TPSA) is 77.8 Å². The van der Waals surface area contributed by atoms with Gasteiger partial charge in [-0.3, -0.25) is 0 Å². The number of aryl methyl sites for hydroxylation is 2. The number of rotatable bonds is 5. The second-order valence-electron chi connectivity index (χ2n) is 5.85. The first-order chi connectivity index (χ1) is 12.7. The van der Waals surface area contributed by atoms with Crippen LogP contribution < -0.4 is 0 Å². The second kappa shape index (κ2) is 7.13. The van der Waals surface area contributed by atoms with E-state index < -0.39 is 0 Å². The molecule has 0 aliphatic rings. The molecule has 0 N–H and O–H groups in total. The van der Waals surface area contributed by atoms with Gasteiger partial charge in [-0.1, -0.05) is 47.7 Å². The van der Waals surface area contributed by atoms with Gasteiger partial charge in [-0.05, 0) is 37.6 Å².